The molecule has 0 bridgehead atoms. The van der Waals surface area contributed by atoms with E-state index in [4.69, 9.17) is 27.3 Å². The smallest absolute Gasteiger partial charge is 0.138 e. The molecule has 0 saturated heterocycles. The van der Waals surface area contributed by atoms with Crippen molar-refractivity contribution in [3.05, 3.63) is 57.3 Å². The Morgan fingerprint density at radius 1 is 1.38 bits per heavy atom. The summed E-state index contributed by atoms with van der Waals surface area (Å²) in [6.07, 6.45) is 2.34. The van der Waals surface area contributed by atoms with Gasteiger partial charge in [0.25, 0.3) is 0 Å². The van der Waals surface area contributed by atoms with E-state index in [0.29, 0.717) is 29.4 Å². The second kappa shape index (κ2) is 7.41. The third kappa shape index (κ3) is 4.43. The zero-order valence-corrected chi connectivity index (χ0v) is 13.4. The summed E-state index contributed by atoms with van der Waals surface area (Å²) < 4.78 is 6.38. The van der Waals surface area contributed by atoms with Gasteiger partial charge in [0, 0.05) is 29.7 Å². The number of hydrogen-bond acceptors (Lipinski definition) is 4. The molecule has 108 valence electrons. The number of benzene rings is 1. The molecule has 2 rings (SSSR count). The van der Waals surface area contributed by atoms with Crippen molar-refractivity contribution >= 4 is 27.5 Å². The van der Waals surface area contributed by atoms with Crippen LogP contribution in [0.15, 0.2) is 41.1 Å². The number of hydrogen-bond donors (Lipinski definition) is 1. The lowest BCUT2D eigenvalue weighted by molar-refractivity contribution is 0.297. The van der Waals surface area contributed by atoms with Crippen LogP contribution in [0.4, 0.5) is 0 Å². The number of halogens is 2. The quantitative estimate of drug-likeness (QED) is 0.816. The van der Waals surface area contributed by atoms with E-state index in [2.05, 4.69) is 27.0 Å². The first-order chi connectivity index (χ1) is 10.1. The van der Waals surface area contributed by atoms with E-state index < -0.39 is 0 Å². The summed E-state index contributed by atoms with van der Waals surface area (Å²) in [5.74, 6) is 0.478. The van der Waals surface area contributed by atoms with Crippen LogP contribution in [-0.2, 0) is 0 Å². The largest absolute Gasteiger partial charge is 0.492 e. The maximum Gasteiger partial charge on any atom is 0.138 e. The summed E-state index contributed by atoms with van der Waals surface area (Å²) >= 11 is 9.18. The van der Waals surface area contributed by atoms with Crippen molar-refractivity contribution in [1.29, 1.82) is 5.26 Å². The van der Waals surface area contributed by atoms with E-state index in [9.17, 15) is 0 Å². The highest BCUT2D eigenvalue weighted by Crippen LogP contribution is 2.23. The standard InChI is InChI=1S/C15H13BrClN3O/c16-15-4-2-11(9-20-15)13(19)5-6-21-14-7-12(17)3-1-10(14)8-18/h1-4,7,9,13H,5-6,19H2. The summed E-state index contributed by atoms with van der Waals surface area (Å²) in [4.78, 5) is 4.14. The van der Waals surface area contributed by atoms with Crippen LogP contribution in [0.5, 0.6) is 5.75 Å². The molecule has 1 atom stereocenters. The fourth-order valence-corrected chi connectivity index (χ4v) is 2.17. The fourth-order valence-electron chi connectivity index (χ4n) is 1.78. The molecule has 21 heavy (non-hydrogen) atoms. The second-order valence-corrected chi connectivity index (χ2v) is 5.66. The lowest BCUT2D eigenvalue weighted by Gasteiger charge is -2.13. The number of nitriles is 1. The number of aromatic nitrogens is 1. The minimum absolute atomic E-state index is 0.171. The fraction of sp³-hybridized carbons (Fsp3) is 0.200. The Morgan fingerprint density at radius 2 is 2.19 bits per heavy atom. The van der Waals surface area contributed by atoms with Gasteiger partial charge in [0.2, 0.25) is 0 Å². The monoisotopic (exact) mass is 365 g/mol. The first-order valence-corrected chi connectivity index (χ1v) is 7.46. The number of nitrogens with zero attached hydrogens (tertiary/aromatic N) is 2. The number of nitrogens with two attached hydrogens (primary N) is 1. The van der Waals surface area contributed by atoms with Gasteiger partial charge in [-0.3, -0.25) is 0 Å². The van der Waals surface area contributed by atoms with Gasteiger partial charge in [-0.05, 0) is 39.7 Å². The van der Waals surface area contributed by atoms with Crippen molar-refractivity contribution < 1.29 is 4.74 Å². The van der Waals surface area contributed by atoms with Crippen LogP contribution in [-0.4, -0.2) is 11.6 Å². The van der Waals surface area contributed by atoms with E-state index in [0.717, 1.165) is 10.2 Å². The van der Waals surface area contributed by atoms with Gasteiger partial charge in [0.15, 0.2) is 0 Å². The minimum Gasteiger partial charge on any atom is -0.492 e. The van der Waals surface area contributed by atoms with Gasteiger partial charge in [-0.1, -0.05) is 17.7 Å². The summed E-state index contributed by atoms with van der Waals surface area (Å²) in [5, 5.41) is 9.54. The molecule has 2 N–H and O–H groups in total. The van der Waals surface area contributed by atoms with Crippen LogP contribution in [0.25, 0.3) is 0 Å². The molecule has 0 saturated carbocycles. The zero-order chi connectivity index (χ0) is 15.2. The molecular weight excluding hydrogens is 354 g/mol. The average molecular weight is 367 g/mol. The van der Waals surface area contributed by atoms with E-state index in [1.807, 2.05) is 12.1 Å². The van der Waals surface area contributed by atoms with Crippen molar-refractivity contribution in [2.24, 2.45) is 5.73 Å². The Balaban J connectivity index is 1.94. The third-order valence-electron chi connectivity index (χ3n) is 2.93. The van der Waals surface area contributed by atoms with Crippen molar-refractivity contribution in [3.8, 4) is 11.8 Å². The Morgan fingerprint density at radius 3 is 2.86 bits per heavy atom. The first kappa shape index (κ1) is 15.8. The molecule has 0 fully saturated rings. The van der Waals surface area contributed by atoms with Crippen LogP contribution in [0, 0.1) is 11.3 Å². The first-order valence-electron chi connectivity index (χ1n) is 6.29. The number of rotatable bonds is 5. The molecule has 4 nitrogen and oxygen atoms in total. The molecule has 0 amide bonds. The molecule has 1 aromatic heterocycles. The van der Waals surface area contributed by atoms with Gasteiger partial charge in [0.05, 0.1) is 12.2 Å². The summed E-state index contributed by atoms with van der Waals surface area (Å²) in [6.45, 7) is 0.395. The van der Waals surface area contributed by atoms with Gasteiger partial charge < -0.3 is 10.5 Å². The van der Waals surface area contributed by atoms with E-state index >= 15 is 0 Å². The lowest BCUT2D eigenvalue weighted by Crippen LogP contribution is -2.14. The lowest BCUT2D eigenvalue weighted by atomic mass is 10.1. The number of ether oxygens (including phenoxy) is 1. The molecule has 1 heterocycles. The Labute approximate surface area is 136 Å². The summed E-state index contributed by atoms with van der Waals surface area (Å²) in [6, 6.07) is 10.6. The van der Waals surface area contributed by atoms with Crippen LogP contribution in [0.2, 0.25) is 5.02 Å². The van der Waals surface area contributed by atoms with Gasteiger partial charge in [-0.15, -0.1) is 0 Å². The Kier molecular flexibility index (Phi) is 5.57. The van der Waals surface area contributed by atoms with Crippen LogP contribution < -0.4 is 10.5 Å². The summed E-state index contributed by atoms with van der Waals surface area (Å²) in [5.41, 5.74) is 7.48. The van der Waals surface area contributed by atoms with Crippen molar-refractivity contribution in [2.75, 3.05) is 6.61 Å². The molecule has 0 radical (unpaired) electrons. The molecule has 1 unspecified atom stereocenters. The van der Waals surface area contributed by atoms with Gasteiger partial charge in [-0.25, -0.2) is 4.98 Å². The summed E-state index contributed by atoms with van der Waals surface area (Å²) in [7, 11) is 0. The minimum atomic E-state index is -0.171. The molecule has 0 aliphatic rings. The molecule has 0 spiro atoms. The Hall–Kier alpha value is -1.61. The van der Waals surface area contributed by atoms with Gasteiger partial charge >= 0.3 is 0 Å². The number of pyridine rings is 1. The van der Waals surface area contributed by atoms with Crippen molar-refractivity contribution in [1.82, 2.24) is 4.98 Å². The molecule has 0 aliphatic heterocycles. The van der Waals surface area contributed by atoms with Crippen LogP contribution in [0.3, 0.4) is 0 Å². The third-order valence-corrected chi connectivity index (χ3v) is 3.63. The van der Waals surface area contributed by atoms with Gasteiger partial charge in [0.1, 0.15) is 16.4 Å². The molecule has 2 aromatic rings. The molecule has 0 aliphatic carbocycles. The topological polar surface area (TPSA) is 71.9 Å². The van der Waals surface area contributed by atoms with E-state index in [-0.39, 0.29) is 6.04 Å². The van der Waals surface area contributed by atoms with E-state index in [1.54, 1.807) is 24.4 Å². The Bertz CT molecular complexity index is 655. The zero-order valence-electron chi connectivity index (χ0n) is 11.1. The predicted octanol–water partition coefficient (Wildman–Crippen LogP) is 3.84. The SMILES string of the molecule is N#Cc1ccc(Cl)cc1OCCC(N)c1ccc(Br)nc1. The predicted molar refractivity (Wildman–Crippen MR) is 85.1 cm³/mol. The van der Waals surface area contributed by atoms with Gasteiger partial charge in [-0.2, -0.15) is 5.26 Å². The highest BCUT2D eigenvalue weighted by molar-refractivity contribution is 9.10. The second-order valence-electron chi connectivity index (χ2n) is 4.41. The maximum atomic E-state index is 9.01. The highest BCUT2D eigenvalue weighted by atomic mass is 79.9. The average Bonchev–Trinajstić information content (AvgIpc) is 2.48. The van der Waals surface area contributed by atoms with E-state index in [1.165, 1.54) is 0 Å². The molecular formula is C15H13BrClN3O. The highest BCUT2D eigenvalue weighted by Gasteiger charge is 2.09. The normalized spacial score (nSPS) is 11.7. The van der Waals surface area contributed by atoms with Crippen LogP contribution >= 0.6 is 27.5 Å². The maximum absolute atomic E-state index is 9.01. The van der Waals surface area contributed by atoms with Crippen molar-refractivity contribution in [3.63, 3.8) is 0 Å². The van der Waals surface area contributed by atoms with Crippen molar-refractivity contribution in [2.45, 2.75) is 12.5 Å². The van der Waals surface area contributed by atoms with Crippen LogP contribution in [0.1, 0.15) is 23.6 Å². The molecule has 6 heteroatoms. The molecule has 1 aromatic carbocycles.